The third-order valence-corrected chi connectivity index (χ3v) is 2.53. The second-order valence-corrected chi connectivity index (χ2v) is 4.81. The van der Waals surface area contributed by atoms with E-state index in [9.17, 15) is 0 Å². The SMILES string of the molecule is CC(C)CNCc1cccc(Oc2ncccn2)c1. The summed E-state index contributed by atoms with van der Waals surface area (Å²) in [7, 11) is 0. The Balaban J connectivity index is 1.95. The van der Waals surface area contributed by atoms with E-state index in [0.29, 0.717) is 11.9 Å². The topological polar surface area (TPSA) is 47.0 Å². The average Bonchev–Trinajstić information content (AvgIpc) is 2.40. The molecule has 0 atom stereocenters. The molecule has 19 heavy (non-hydrogen) atoms. The van der Waals surface area contributed by atoms with Crippen molar-refractivity contribution in [3.63, 3.8) is 0 Å². The molecule has 0 aliphatic carbocycles. The molecule has 1 aromatic heterocycles. The number of hydrogen-bond donors (Lipinski definition) is 1. The van der Waals surface area contributed by atoms with Crippen molar-refractivity contribution in [2.24, 2.45) is 5.92 Å². The van der Waals surface area contributed by atoms with Crippen LogP contribution in [0.25, 0.3) is 0 Å². The molecule has 0 saturated carbocycles. The minimum atomic E-state index is 0.370. The summed E-state index contributed by atoms with van der Waals surface area (Å²) in [6.45, 7) is 6.23. The second-order valence-electron chi connectivity index (χ2n) is 4.81. The van der Waals surface area contributed by atoms with Crippen LogP contribution in [0, 0.1) is 5.92 Å². The summed E-state index contributed by atoms with van der Waals surface area (Å²) >= 11 is 0. The lowest BCUT2D eigenvalue weighted by atomic mass is 10.2. The lowest BCUT2D eigenvalue weighted by Gasteiger charge is -2.09. The van der Waals surface area contributed by atoms with Crippen molar-refractivity contribution in [3.8, 4) is 11.8 Å². The van der Waals surface area contributed by atoms with Crippen molar-refractivity contribution in [1.29, 1.82) is 0 Å². The quantitative estimate of drug-likeness (QED) is 0.864. The van der Waals surface area contributed by atoms with E-state index in [-0.39, 0.29) is 0 Å². The molecule has 0 spiro atoms. The molecule has 4 nitrogen and oxygen atoms in total. The van der Waals surface area contributed by atoms with E-state index in [1.54, 1.807) is 18.5 Å². The van der Waals surface area contributed by atoms with Crippen LogP contribution in [0.3, 0.4) is 0 Å². The molecule has 0 fully saturated rings. The minimum Gasteiger partial charge on any atom is -0.424 e. The molecule has 0 radical (unpaired) electrons. The van der Waals surface area contributed by atoms with Gasteiger partial charge in [0.2, 0.25) is 0 Å². The van der Waals surface area contributed by atoms with Crippen LogP contribution in [-0.2, 0) is 6.54 Å². The zero-order valence-corrected chi connectivity index (χ0v) is 11.3. The number of rotatable bonds is 6. The molecule has 0 unspecified atom stereocenters. The van der Waals surface area contributed by atoms with Gasteiger partial charge in [0.1, 0.15) is 5.75 Å². The predicted molar refractivity (Wildman–Crippen MR) is 75.1 cm³/mol. The maximum absolute atomic E-state index is 5.60. The van der Waals surface area contributed by atoms with Crippen molar-refractivity contribution in [2.75, 3.05) is 6.54 Å². The van der Waals surface area contributed by atoms with Crippen LogP contribution in [0.1, 0.15) is 19.4 Å². The van der Waals surface area contributed by atoms with E-state index < -0.39 is 0 Å². The minimum absolute atomic E-state index is 0.370. The molecule has 1 aromatic carbocycles. The maximum Gasteiger partial charge on any atom is 0.321 e. The Morgan fingerprint density at radius 1 is 1.16 bits per heavy atom. The lowest BCUT2D eigenvalue weighted by molar-refractivity contribution is 0.441. The van der Waals surface area contributed by atoms with E-state index in [1.807, 2.05) is 18.2 Å². The van der Waals surface area contributed by atoms with Crippen LogP contribution in [0.15, 0.2) is 42.7 Å². The molecule has 1 heterocycles. The van der Waals surface area contributed by atoms with E-state index in [1.165, 1.54) is 5.56 Å². The van der Waals surface area contributed by atoms with Crippen molar-refractivity contribution >= 4 is 0 Å². The Morgan fingerprint density at radius 3 is 2.68 bits per heavy atom. The number of nitrogens with one attached hydrogen (secondary N) is 1. The fraction of sp³-hybridized carbons (Fsp3) is 0.333. The van der Waals surface area contributed by atoms with Crippen molar-refractivity contribution in [2.45, 2.75) is 20.4 Å². The molecule has 100 valence electrons. The molecule has 0 amide bonds. The van der Waals surface area contributed by atoms with Gasteiger partial charge in [0, 0.05) is 18.9 Å². The molecule has 2 rings (SSSR count). The van der Waals surface area contributed by atoms with Gasteiger partial charge in [-0.1, -0.05) is 26.0 Å². The number of nitrogens with zero attached hydrogens (tertiary/aromatic N) is 2. The zero-order valence-electron chi connectivity index (χ0n) is 11.3. The monoisotopic (exact) mass is 257 g/mol. The summed E-state index contributed by atoms with van der Waals surface area (Å²) in [5, 5.41) is 3.41. The van der Waals surface area contributed by atoms with Crippen LogP contribution < -0.4 is 10.1 Å². The first-order chi connectivity index (χ1) is 9.24. The molecular weight excluding hydrogens is 238 g/mol. The van der Waals surface area contributed by atoms with Crippen molar-refractivity contribution in [1.82, 2.24) is 15.3 Å². The lowest BCUT2D eigenvalue weighted by Crippen LogP contribution is -2.18. The summed E-state index contributed by atoms with van der Waals surface area (Å²) in [5.74, 6) is 1.41. The first-order valence-electron chi connectivity index (χ1n) is 6.48. The molecule has 0 aliphatic rings. The van der Waals surface area contributed by atoms with Crippen LogP contribution in [0.4, 0.5) is 0 Å². The summed E-state index contributed by atoms with van der Waals surface area (Å²) < 4.78 is 5.60. The van der Waals surface area contributed by atoms with Crippen molar-refractivity contribution in [3.05, 3.63) is 48.3 Å². The predicted octanol–water partition coefficient (Wildman–Crippen LogP) is 3.01. The van der Waals surface area contributed by atoms with Gasteiger partial charge < -0.3 is 10.1 Å². The smallest absolute Gasteiger partial charge is 0.321 e. The molecule has 0 aliphatic heterocycles. The standard InChI is InChI=1S/C15H19N3O/c1-12(2)10-16-11-13-5-3-6-14(9-13)19-15-17-7-4-8-18-15/h3-9,12,16H,10-11H2,1-2H3. The third kappa shape index (κ3) is 4.67. The first-order valence-corrected chi connectivity index (χ1v) is 6.48. The molecular formula is C15H19N3O. The van der Waals surface area contributed by atoms with Gasteiger partial charge in [-0.05, 0) is 36.2 Å². The Morgan fingerprint density at radius 2 is 1.95 bits per heavy atom. The Hall–Kier alpha value is -1.94. The fourth-order valence-corrected chi connectivity index (χ4v) is 1.67. The fourth-order valence-electron chi connectivity index (χ4n) is 1.67. The van der Waals surface area contributed by atoms with Crippen LogP contribution >= 0.6 is 0 Å². The highest BCUT2D eigenvalue weighted by molar-refractivity contribution is 5.30. The van der Waals surface area contributed by atoms with E-state index >= 15 is 0 Å². The third-order valence-electron chi connectivity index (χ3n) is 2.53. The summed E-state index contributed by atoms with van der Waals surface area (Å²) in [5.41, 5.74) is 1.19. The molecule has 0 bridgehead atoms. The number of benzene rings is 1. The van der Waals surface area contributed by atoms with Gasteiger partial charge in [0.25, 0.3) is 0 Å². The molecule has 2 aromatic rings. The van der Waals surface area contributed by atoms with Gasteiger partial charge in [0.15, 0.2) is 0 Å². The van der Waals surface area contributed by atoms with Gasteiger partial charge >= 0.3 is 6.01 Å². The Bertz CT molecular complexity index is 500. The first kappa shape index (κ1) is 13.5. The van der Waals surface area contributed by atoms with Gasteiger partial charge in [-0.2, -0.15) is 0 Å². The van der Waals surface area contributed by atoms with Crippen molar-refractivity contribution < 1.29 is 4.74 Å². The Labute approximate surface area is 113 Å². The Kier molecular flexibility index (Phi) is 4.86. The second kappa shape index (κ2) is 6.85. The number of aromatic nitrogens is 2. The van der Waals surface area contributed by atoms with Crippen LogP contribution in [0.2, 0.25) is 0 Å². The van der Waals surface area contributed by atoms with Crippen LogP contribution in [-0.4, -0.2) is 16.5 Å². The van der Waals surface area contributed by atoms with Gasteiger partial charge in [-0.3, -0.25) is 0 Å². The maximum atomic E-state index is 5.60. The van der Waals surface area contributed by atoms with Gasteiger partial charge in [-0.15, -0.1) is 0 Å². The molecule has 1 N–H and O–H groups in total. The number of ether oxygens (including phenoxy) is 1. The molecule has 4 heteroatoms. The highest BCUT2D eigenvalue weighted by Crippen LogP contribution is 2.18. The van der Waals surface area contributed by atoms with E-state index in [2.05, 4.69) is 35.2 Å². The van der Waals surface area contributed by atoms with Gasteiger partial charge in [-0.25, -0.2) is 9.97 Å². The van der Waals surface area contributed by atoms with E-state index in [0.717, 1.165) is 18.8 Å². The largest absolute Gasteiger partial charge is 0.424 e. The summed E-state index contributed by atoms with van der Waals surface area (Å²) in [6, 6.07) is 10.1. The summed E-state index contributed by atoms with van der Waals surface area (Å²) in [6.07, 6.45) is 3.33. The van der Waals surface area contributed by atoms with E-state index in [4.69, 9.17) is 4.74 Å². The highest BCUT2D eigenvalue weighted by Gasteiger charge is 2.01. The number of hydrogen-bond acceptors (Lipinski definition) is 4. The van der Waals surface area contributed by atoms with Gasteiger partial charge in [0.05, 0.1) is 0 Å². The highest BCUT2D eigenvalue weighted by atomic mass is 16.5. The average molecular weight is 257 g/mol. The van der Waals surface area contributed by atoms with Crippen LogP contribution in [0.5, 0.6) is 11.8 Å². The summed E-state index contributed by atoms with van der Waals surface area (Å²) in [4.78, 5) is 8.08. The molecule has 0 saturated heterocycles. The normalized spacial score (nSPS) is 10.7. The zero-order chi connectivity index (χ0) is 13.5.